The smallest absolute Gasteiger partial charge is 0.0469 e. The first-order chi connectivity index (χ1) is 8.79. The van der Waals surface area contributed by atoms with Gasteiger partial charge in [0.2, 0.25) is 0 Å². The molecule has 0 fully saturated rings. The Morgan fingerprint density at radius 2 is 2.16 bits per heavy atom. The zero-order valence-corrected chi connectivity index (χ0v) is 15.0. The fraction of sp³-hybridized carbons (Fsp3) is 0.333. The van der Waals surface area contributed by atoms with Crippen molar-refractivity contribution in [3.05, 3.63) is 53.7 Å². The summed E-state index contributed by atoms with van der Waals surface area (Å²) in [6, 6.07) is 0. The Kier molecular flexibility index (Phi) is 11.3. The van der Waals surface area contributed by atoms with Gasteiger partial charge in [0.05, 0.1) is 0 Å². The van der Waals surface area contributed by atoms with Crippen LogP contribution in [0, 0.1) is 7.05 Å². The molecule has 0 aromatic rings. The third-order valence-corrected chi connectivity index (χ3v) is 3.17. The third-order valence-electron chi connectivity index (χ3n) is 2.68. The molecule has 0 aromatic carbocycles. The van der Waals surface area contributed by atoms with E-state index in [2.05, 4.69) is 30.4 Å². The van der Waals surface area contributed by atoms with Crippen molar-refractivity contribution in [3.63, 3.8) is 0 Å². The minimum absolute atomic E-state index is 0. The molecule has 2 N–H and O–H groups in total. The molecule has 1 radical (unpaired) electrons. The first-order valence-electron chi connectivity index (χ1n) is 6.30. The van der Waals surface area contributed by atoms with Crippen molar-refractivity contribution >= 4 is 17.8 Å². The molecular weight excluding hydrogens is 333 g/mol. The van der Waals surface area contributed by atoms with E-state index in [0.717, 1.165) is 30.8 Å². The fourth-order valence-corrected chi connectivity index (χ4v) is 2.11. The predicted octanol–water partition coefficient (Wildman–Crippen LogP) is 2.21. The van der Waals surface area contributed by atoms with Gasteiger partial charge in [0.15, 0.2) is 0 Å². The van der Waals surface area contributed by atoms with Gasteiger partial charge in [-0.05, 0) is 56.7 Å². The summed E-state index contributed by atoms with van der Waals surface area (Å²) in [5, 5.41) is 4.02. The van der Waals surface area contributed by atoms with E-state index in [9.17, 15) is 0 Å². The van der Waals surface area contributed by atoms with Crippen LogP contribution in [0.3, 0.4) is 0 Å². The van der Waals surface area contributed by atoms with E-state index in [-0.39, 0.29) is 32.7 Å². The van der Waals surface area contributed by atoms with Gasteiger partial charge in [0, 0.05) is 50.5 Å². The molecule has 0 aromatic heterocycles. The molecule has 0 unspecified atom stereocenters. The van der Waals surface area contributed by atoms with E-state index in [4.69, 9.17) is 11.6 Å². The summed E-state index contributed by atoms with van der Waals surface area (Å²) in [6.07, 6.45) is 15.0. The van der Waals surface area contributed by atoms with Gasteiger partial charge in [0.25, 0.3) is 0 Å². The van der Waals surface area contributed by atoms with Crippen LogP contribution in [0.2, 0.25) is 0 Å². The topological polar surface area (TPSA) is 26.0 Å². The van der Waals surface area contributed by atoms with E-state index < -0.39 is 0 Å². The van der Waals surface area contributed by atoms with Crippen LogP contribution in [0.1, 0.15) is 26.2 Å². The zero-order valence-electron chi connectivity index (χ0n) is 11.5. The van der Waals surface area contributed by atoms with Gasteiger partial charge in [-0.3, -0.25) is 0 Å². The molecule has 1 aliphatic rings. The second-order valence-electron chi connectivity index (χ2n) is 4.03. The van der Waals surface area contributed by atoms with E-state index in [1.165, 1.54) is 11.1 Å². The summed E-state index contributed by atoms with van der Waals surface area (Å²) >= 11 is 6.40. The molecular formula is C15H21ClN2Y. The molecule has 19 heavy (non-hydrogen) atoms. The van der Waals surface area contributed by atoms with E-state index in [1.54, 1.807) is 6.21 Å². The Labute approximate surface area is 146 Å². The standard InChI is InChI=1S/C15H21ClN2.Y/c1-3-18-12-6-10-14-8-4-7-13(15(14)16)9-5-11-17-2;/h5-6,9-12,17-18H,2-4,7-8H2,1H3;. The average Bonchev–Trinajstić information content (AvgIpc) is 2.38. The molecule has 0 bridgehead atoms. The molecule has 0 heterocycles. The minimum atomic E-state index is 0. The van der Waals surface area contributed by atoms with Gasteiger partial charge >= 0.3 is 0 Å². The molecule has 0 saturated carbocycles. The van der Waals surface area contributed by atoms with Crippen LogP contribution in [-0.4, -0.2) is 12.8 Å². The van der Waals surface area contributed by atoms with Crippen LogP contribution >= 0.6 is 11.6 Å². The van der Waals surface area contributed by atoms with Crippen LogP contribution < -0.4 is 10.3 Å². The van der Waals surface area contributed by atoms with Crippen molar-refractivity contribution in [3.8, 4) is 0 Å². The number of rotatable bonds is 5. The largest absolute Gasteiger partial charge is 0.391 e. The molecule has 0 amide bonds. The summed E-state index contributed by atoms with van der Waals surface area (Å²) < 4.78 is 0. The van der Waals surface area contributed by atoms with E-state index >= 15 is 0 Å². The van der Waals surface area contributed by atoms with Gasteiger partial charge in [-0.15, -0.1) is 0 Å². The van der Waals surface area contributed by atoms with Gasteiger partial charge in [-0.1, -0.05) is 29.8 Å². The van der Waals surface area contributed by atoms with Gasteiger partial charge in [0.1, 0.15) is 0 Å². The SMILES string of the molecule is [CH2-][NH+]=CC=CC1=C(Cl)C(=CC=CNCC)CCC1.[Y]. The van der Waals surface area contributed by atoms with Gasteiger partial charge in [-0.25, -0.2) is 0 Å². The average molecular weight is 354 g/mol. The Morgan fingerprint density at radius 1 is 1.37 bits per heavy atom. The Morgan fingerprint density at radius 3 is 2.84 bits per heavy atom. The van der Waals surface area contributed by atoms with Crippen LogP contribution in [0.25, 0.3) is 0 Å². The van der Waals surface area contributed by atoms with E-state index in [0.29, 0.717) is 0 Å². The van der Waals surface area contributed by atoms with Crippen LogP contribution in [0.5, 0.6) is 0 Å². The molecule has 0 aliphatic heterocycles. The number of hydrogen-bond donors (Lipinski definition) is 2. The minimum Gasteiger partial charge on any atom is -0.391 e. The molecule has 0 spiro atoms. The second-order valence-corrected chi connectivity index (χ2v) is 4.41. The van der Waals surface area contributed by atoms with Crippen LogP contribution in [0.4, 0.5) is 0 Å². The van der Waals surface area contributed by atoms with Crippen molar-refractivity contribution in [1.29, 1.82) is 0 Å². The third kappa shape index (κ3) is 7.15. The number of hydrogen-bond acceptors (Lipinski definition) is 1. The Bertz CT molecular complexity index is 406. The number of halogens is 1. The van der Waals surface area contributed by atoms with E-state index in [1.807, 2.05) is 24.4 Å². The Hall–Kier alpha value is -0.306. The predicted molar refractivity (Wildman–Crippen MR) is 79.2 cm³/mol. The number of nitrogens with one attached hydrogen (secondary N) is 2. The quantitative estimate of drug-likeness (QED) is 0.575. The maximum Gasteiger partial charge on any atom is 0.0469 e. The van der Waals surface area contributed by atoms with Gasteiger partial charge < -0.3 is 10.3 Å². The summed E-state index contributed by atoms with van der Waals surface area (Å²) in [6.45, 7) is 3.01. The molecule has 1 aliphatic carbocycles. The summed E-state index contributed by atoms with van der Waals surface area (Å²) in [7, 11) is 3.53. The van der Waals surface area contributed by atoms with Crippen LogP contribution in [0.15, 0.2) is 46.7 Å². The van der Waals surface area contributed by atoms with Crippen molar-refractivity contribution in [2.45, 2.75) is 26.2 Å². The molecule has 1 rings (SSSR count). The van der Waals surface area contributed by atoms with Crippen LogP contribution in [-0.2, 0) is 32.7 Å². The maximum atomic E-state index is 6.40. The normalized spacial score (nSPS) is 18.7. The van der Waals surface area contributed by atoms with Crippen molar-refractivity contribution < 1.29 is 37.7 Å². The molecule has 0 atom stereocenters. The summed E-state index contributed by atoms with van der Waals surface area (Å²) in [5.74, 6) is 0. The fourth-order valence-electron chi connectivity index (χ4n) is 1.79. The molecule has 101 valence electrons. The van der Waals surface area contributed by atoms with Gasteiger partial charge in [-0.2, -0.15) is 0 Å². The maximum absolute atomic E-state index is 6.40. The molecule has 0 saturated heterocycles. The Balaban J connectivity index is 0.00000324. The summed E-state index contributed by atoms with van der Waals surface area (Å²) in [5.41, 5.74) is 2.40. The second kappa shape index (κ2) is 11.5. The summed E-state index contributed by atoms with van der Waals surface area (Å²) in [4.78, 5) is 2.72. The number of allylic oxidation sites excluding steroid dienone is 7. The monoisotopic (exact) mass is 353 g/mol. The molecule has 2 nitrogen and oxygen atoms in total. The zero-order chi connectivity index (χ0) is 13.2. The van der Waals surface area contributed by atoms with Crippen molar-refractivity contribution in [2.24, 2.45) is 0 Å². The van der Waals surface area contributed by atoms with Crippen molar-refractivity contribution in [1.82, 2.24) is 5.32 Å². The molecule has 4 heteroatoms. The first-order valence-corrected chi connectivity index (χ1v) is 6.68. The van der Waals surface area contributed by atoms with Crippen molar-refractivity contribution in [2.75, 3.05) is 6.54 Å². The first kappa shape index (κ1) is 18.7.